The summed E-state index contributed by atoms with van der Waals surface area (Å²) in [5.74, 6) is 35.2. The van der Waals surface area contributed by atoms with E-state index in [-0.39, 0.29) is 0 Å². The van der Waals surface area contributed by atoms with Gasteiger partial charge in [-0.05, 0) is 343 Å². The van der Waals surface area contributed by atoms with Crippen LogP contribution in [0.2, 0.25) is 17.5 Å². The van der Waals surface area contributed by atoms with Gasteiger partial charge in [0, 0.05) is 54.4 Å². The highest BCUT2D eigenvalue weighted by atomic mass is 15.3. The van der Waals surface area contributed by atoms with Gasteiger partial charge in [0.25, 0.3) is 0 Å². The van der Waals surface area contributed by atoms with Crippen LogP contribution in [0.5, 0.6) is 0 Å². The van der Waals surface area contributed by atoms with Crippen molar-refractivity contribution < 1.29 is 0 Å². The zero-order valence-corrected chi connectivity index (χ0v) is 69.3. The molecule has 594 valence electrons. The summed E-state index contributed by atoms with van der Waals surface area (Å²) in [6, 6.07) is 7.98. The van der Waals surface area contributed by atoms with Crippen molar-refractivity contribution in [3.05, 3.63) is 0 Å². The first-order valence-corrected chi connectivity index (χ1v) is 52.4. The van der Waals surface area contributed by atoms with Crippen molar-refractivity contribution in [2.24, 2.45) is 178 Å². The molecule has 30 unspecified atom stereocenters. The Hall–Kier alpha value is -0.0551. The Labute approximate surface area is 658 Å². The van der Waals surface area contributed by atoms with E-state index in [1.54, 1.807) is 392 Å². The van der Waals surface area contributed by atoms with Crippen LogP contribution >= 0.6 is 0 Å². The molecular formula is C103H164BN3. The lowest BCUT2D eigenvalue weighted by Crippen LogP contribution is -2.78. The predicted molar refractivity (Wildman–Crippen MR) is 443 cm³/mol. The van der Waals surface area contributed by atoms with Gasteiger partial charge in [0.2, 0.25) is 0 Å². The molecule has 0 spiro atoms. The van der Waals surface area contributed by atoms with Crippen LogP contribution in [0.1, 0.15) is 392 Å². The highest BCUT2D eigenvalue weighted by molar-refractivity contribution is 6.65. The van der Waals surface area contributed by atoms with Crippen molar-refractivity contribution in [3.63, 3.8) is 0 Å². The summed E-state index contributed by atoms with van der Waals surface area (Å²) in [5.41, 5.74) is 0. The lowest BCUT2D eigenvalue weighted by Gasteiger charge is -2.73. The molecular weight excluding hydrogens is 1290 g/mol. The highest BCUT2D eigenvalue weighted by Gasteiger charge is 2.71. The standard InChI is InChI=1S/C103H164BN3/c1-5-21-64(22-6-1)79-35-19-36-80(65-23-7-2-8-24-65)102(79)106-93-58-70(74-54-72-33-17-41-85-83-39-13-29-68-31-15-43-87(97(68)83)89(56-74)99(72)85)45-47-91(93)104-92-48-46-71(75-55-73-34-18-42-86-84-40-14-30-69-32-16-44-88(98(69)84)90(57-75)100(73)86)59-94(92)107(103-81(66-25-9-3-10-26-66)37-20-38-82(103)67-27-11-4-12-28-67)96-61-78(60-95(106)101(96)104)105-76-50-62-49-63(52-76)53-77(105)51-62/h62-103H,1-61H2. The molecule has 25 fully saturated rings. The topological polar surface area (TPSA) is 9.72 Å². The zero-order valence-electron chi connectivity index (χ0n) is 69.3. The molecule has 4 aliphatic heterocycles. The molecule has 0 radical (unpaired) electrons. The summed E-state index contributed by atoms with van der Waals surface area (Å²) in [6.45, 7) is 1.02. The molecule has 30 atom stereocenters. The third-order valence-corrected chi connectivity index (χ3v) is 45.4. The molecule has 21 saturated carbocycles. The fourth-order valence-corrected chi connectivity index (χ4v) is 43.2. The molecule has 4 saturated heterocycles. The number of nitrogens with zero attached hydrogens (tertiary/aromatic N) is 3. The zero-order chi connectivity index (χ0) is 69.7. The van der Waals surface area contributed by atoms with Crippen LogP contribution in [-0.4, -0.2) is 75.8 Å². The number of fused-ring (bicyclic) bond motifs is 8. The summed E-state index contributed by atoms with van der Waals surface area (Å²) in [5, 5.41) is 0. The van der Waals surface area contributed by atoms with E-state index in [0.29, 0.717) is 0 Å². The average Bonchev–Trinajstić information content (AvgIpc) is 0.685. The fraction of sp³-hybridized carbons (Fsp3) is 1.00. The van der Waals surface area contributed by atoms with Gasteiger partial charge in [-0.15, -0.1) is 0 Å². The van der Waals surface area contributed by atoms with Crippen molar-refractivity contribution in [1.82, 2.24) is 14.7 Å². The third-order valence-electron chi connectivity index (χ3n) is 45.4. The molecule has 0 amide bonds. The van der Waals surface area contributed by atoms with Gasteiger partial charge < -0.3 is 0 Å². The lowest BCUT2D eigenvalue weighted by molar-refractivity contribution is -0.161. The van der Waals surface area contributed by atoms with Gasteiger partial charge in [0.05, 0.1) is 0 Å². The van der Waals surface area contributed by atoms with Crippen molar-refractivity contribution in [3.8, 4) is 0 Å². The quantitative estimate of drug-likeness (QED) is 0.213. The second-order valence-electron chi connectivity index (χ2n) is 48.4. The summed E-state index contributed by atoms with van der Waals surface area (Å²) in [7, 11) is 0. The van der Waals surface area contributed by atoms with Gasteiger partial charge >= 0.3 is 0 Å². The first kappa shape index (κ1) is 71.1. The number of rotatable bonds is 9. The van der Waals surface area contributed by atoms with Crippen molar-refractivity contribution in [2.75, 3.05) is 0 Å². The minimum atomic E-state index is 0.844. The minimum absolute atomic E-state index is 0.844. The number of piperidine rings is 2. The molecule has 4 bridgehead atoms. The molecule has 3 nitrogen and oxygen atoms in total. The molecule has 0 N–H and O–H groups in total. The van der Waals surface area contributed by atoms with Crippen molar-refractivity contribution in [2.45, 2.75) is 463 Å². The van der Waals surface area contributed by atoms with E-state index in [1.165, 1.54) is 0 Å². The Morgan fingerprint density at radius 2 is 0.467 bits per heavy atom. The molecule has 4 heterocycles. The Bertz CT molecular complexity index is 2780. The second-order valence-corrected chi connectivity index (χ2v) is 48.4. The first-order valence-electron chi connectivity index (χ1n) is 52.4. The van der Waals surface area contributed by atoms with E-state index in [9.17, 15) is 0 Å². The van der Waals surface area contributed by atoms with E-state index in [2.05, 4.69) is 14.7 Å². The van der Waals surface area contributed by atoms with Crippen LogP contribution in [0, 0.1) is 178 Å². The molecule has 21 aliphatic carbocycles. The van der Waals surface area contributed by atoms with Gasteiger partial charge in [-0.25, -0.2) is 0 Å². The van der Waals surface area contributed by atoms with Gasteiger partial charge in [-0.3, -0.25) is 14.7 Å². The van der Waals surface area contributed by atoms with Crippen LogP contribution in [0.25, 0.3) is 0 Å². The largest absolute Gasteiger partial charge is 0.295 e. The molecule has 107 heavy (non-hydrogen) atoms. The molecule has 25 rings (SSSR count). The summed E-state index contributed by atoms with van der Waals surface area (Å²) >= 11 is 0. The SMILES string of the molecule is C1CCC(C2CCCC(C3CCCCC3)C2N2C3CC(C4CC5CCCC6C7CCCC8CCCC(C(C4)C56)C87)CCC3B3C4CCC(C5CC6CCCC7C8CCCC9CCCC(C(C5)C67)C98)CC4N(C4C(C5CCCCC5)CCCC4C4CCCCC4)C4CC(N5C6CC7CC(C6)CC5C7)CC2C34)CC1. The maximum Gasteiger partial charge on any atom is 0.156 e. The van der Waals surface area contributed by atoms with Crippen LogP contribution in [-0.2, 0) is 0 Å². The maximum atomic E-state index is 4.06. The molecule has 4 heteroatoms. The fourth-order valence-electron chi connectivity index (χ4n) is 43.2. The molecule has 25 aliphatic rings. The Morgan fingerprint density at radius 1 is 0.168 bits per heavy atom. The first-order chi connectivity index (χ1) is 53.0. The smallest absolute Gasteiger partial charge is 0.156 e. The van der Waals surface area contributed by atoms with Crippen molar-refractivity contribution in [1.29, 1.82) is 0 Å². The Morgan fingerprint density at radius 3 is 0.832 bits per heavy atom. The van der Waals surface area contributed by atoms with Gasteiger partial charge in [0.15, 0.2) is 6.71 Å². The maximum absolute atomic E-state index is 4.06. The van der Waals surface area contributed by atoms with E-state index in [4.69, 9.17) is 0 Å². The van der Waals surface area contributed by atoms with Crippen LogP contribution in [0.3, 0.4) is 0 Å². The predicted octanol–water partition coefficient (Wildman–Crippen LogP) is 26.4. The Balaban J connectivity index is 0.665. The summed E-state index contributed by atoms with van der Waals surface area (Å²) in [6.07, 6.45) is 98.9. The normalized spacial score (nSPS) is 55.9. The van der Waals surface area contributed by atoms with Crippen LogP contribution < -0.4 is 0 Å². The second kappa shape index (κ2) is 29.5. The van der Waals surface area contributed by atoms with Gasteiger partial charge in [-0.1, -0.05) is 244 Å². The summed E-state index contributed by atoms with van der Waals surface area (Å²) < 4.78 is 0. The molecule has 0 aromatic rings. The Kier molecular flexibility index (Phi) is 19.6. The summed E-state index contributed by atoms with van der Waals surface area (Å²) in [4.78, 5) is 11.7. The average molecular weight is 1460 g/mol. The molecule has 0 aromatic carbocycles. The van der Waals surface area contributed by atoms with Crippen LogP contribution in [0.15, 0.2) is 0 Å². The van der Waals surface area contributed by atoms with E-state index in [1.807, 2.05) is 0 Å². The lowest BCUT2D eigenvalue weighted by atomic mass is 9.18. The van der Waals surface area contributed by atoms with E-state index < -0.39 is 0 Å². The number of hydrogen-bond acceptors (Lipinski definition) is 3. The third kappa shape index (κ3) is 11.9. The van der Waals surface area contributed by atoms with Gasteiger partial charge in [-0.2, -0.15) is 0 Å². The number of hydrogen-bond donors (Lipinski definition) is 0. The van der Waals surface area contributed by atoms with Crippen molar-refractivity contribution >= 4 is 6.71 Å². The van der Waals surface area contributed by atoms with Crippen LogP contribution in [0.4, 0.5) is 0 Å². The van der Waals surface area contributed by atoms with Gasteiger partial charge in [0.1, 0.15) is 0 Å². The minimum Gasteiger partial charge on any atom is -0.295 e. The molecule has 0 aromatic heterocycles. The monoisotopic (exact) mass is 1450 g/mol. The highest BCUT2D eigenvalue weighted by Crippen LogP contribution is 2.73. The van der Waals surface area contributed by atoms with E-state index >= 15 is 0 Å². The van der Waals surface area contributed by atoms with E-state index in [0.717, 1.165) is 256 Å².